The van der Waals surface area contributed by atoms with Crippen LogP contribution in [-0.4, -0.2) is 46.8 Å². The van der Waals surface area contributed by atoms with Gasteiger partial charge in [0.15, 0.2) is 11.7 Å². The average molecular weight is 415 g/mol. The highest BCUT2D eigenvalue weighted by molar-refractivity contribution is 5.80. The molecule has 1 saturated heterocycles. The Labute approximate surface area is 172 Å². The minimum atomic E-state index is -0.575. The van der Waals surface area contributed by atoms with Gasteiger partial charge in [0.2, 0.25) is 5.82 Å². The first kappa shape index (κ1) is 19.9. The van der Waals surface area contributed by atoms with Gasteiger partial charge in [-0.25, -0.2) is 18.8 Å². The van der Waals surface area contributed by atoms with E-state index < -0.39 is 11.6 Å². The number of aliphatic imine (C=N–C) groups is 1. The molecule has 30 heavy (non-hydrogen) atoms. The van der Waals surface area contributed by atoms with E-state index in [-0.39, 0.29) is 6.04 Å². The summed E-state index contributed by atoms with van der Waals surface area (Å²) in [7, 11) is 0. The molecule has 1 aliphatic heterocycles. The van der Waals surface area contributed by atoms with Crippen molar-refractivity contribution < 1.29 is 13.2 Å². The Bertz CT molecular complexity index is 1000. The second-order valence-corrected chi connectivity index (χ2v) is 6.95. The van der Waals surface area contributed by atoms with E-state index in [2.05, 4.69) is 30.8 Å². The molecule has 10 heteroatoms. The summed E-state index contributed by atoms with van der Waals surface area (Å²) in [5.41, 5.74) is 0.412. The van der Waals surface area contributed by atoms with Crippen LogP contribution in [0.4, 0.5) is 14.5 Å². The number of halogens is 2. The van der Waals surface area contributed by atoms with Crippen LogP contribution >= 0.6 is 0 Å². The Morgan fingerprint density at radius 1 is 1.37 bits per heavy atom. The van der Waals surface area contributed by atoms with Gasteiger partial charge < -0.3 is 20.0 Å². The van der Waals surface area contributed by atoms with Gasteiger partial charge in [-0.2, -0.15) is 0 Å². The number of H-pyrrole nitrogens is 1. The van der Waals surface area contributed by atoms with Gasteiger partial charge in [0, 0.05) is 31.7 Å². The van der Waals surface area contributed by atoms with Crippen molar-refractivity contribution in [3.05, 3.63) is 54.1 Å². The number of anilines is 1. The van der Waals surface area contributed by atoms with E-state index in [0.29, 0.717) is 55.2 Å². The molecular formula is C20H23F2N7O. The number of hydrogen-bond acceptors (Lipinski definition) is 5. The number of furan rings is 1. The van der Waals surface area contributed by atoms with Crippen molar-refractivity contribution >= 4 is 11.6 Å². The molecular weight excluding hydrogens is 392 g/mol. The van der Waals surface area contributed by atoms with Crippen molar-refractivity contribution in [2.75, 3.05) is 24.5 Å². The normalized spacial score (nSPS) is 16.8. The van der Waals surface area contributed by atoms with E-state index in [9.17, 15) is 8.78 Å². The van der Waals surface area contributed by atoms with Gasteiger partial charge in [-0.1, -0.05) is 0 Å². The highest BCUT2D eigenvalue weighted by atomic mass is 19.1. The minimum absolute atomic E-state index is 0.0839. The number of benzene rings is 1. The molecule has 1 aliphatic rings. The molecule has 1 fully saturated rings. The lowest BCUT2D eigenvalue weighted by atomic mass is 10.2. The lowest BCUT2D eigenvalue weighted by molar-refractivity contribution is 0.577. The van der Waals surface area contributed by atoms with E-state index in [1.807, 2.05) is 11.8 Å². The first-order valence-electron chi connectivity index (χ1n) is 9.82. The van der Waals surface area contributed by atoms with Crippen LogP contribution in [0.25, 0.3) is 11.6 Å². The largest absolute Gasteiger partial charge is 0.461 e. The SMILES string of the molecule is CCNC(=NCc1nc(-c2ccco2)n[nH]1)NC1CCN(c2ccc(F)cc2F)C1. The summed E-state index contributed by atoms with van der Waals surface area (Å²) in [5, 5.41) is 13.6. The van der Waals surface area contributed by atoms with Crippen LogP contribution in [0.5, 0.6) is 0 Å². The molecule has 0 amide bonds. The lowest BCUT2D eigenvalue weighted by Gasteiger charge is -2.20. The Hall–Kier alpha value is -3.43. The van der Waals surface area contributed by atoms with Gasteiger partial charge in [0.25, 0.3) is 0 Å². The predicted octanol–water partition coefficient (Wildman–Crippen LogP) is 2.68. The van der Waals surface area contributed by atoms with Crippen molar-refractivity contribution in [1.82, 2.24) is 25.8 Å². The third kappa shape index (κ3) is 4.58. The molecule has 1 unspecified atom stereocenters. The van der Waals surface area contributed by atoms with Gasteiger partial charge in [0.05, 0.1) is 12.0 Å². The van der Waals surface area contributed by atoms with Gasteiger partial charge in [-0.15, -0.1) is 5.10 Å². The lowest BCUT2D eigenvalue weighted by Crippen LogP contribution is -2.44. The summed E-state index contributed by atoms with van der Waals surface area (Å²) in [6.45, 7) is 4.26. The standard InChI is InChI=1S/C20H23F2N7O/c1-2-23-20(24-11-18-26-19(28-27-18)17-4-3-9-30-17)25-14-7-8-29(12-14)16-6-5-13(21)10-15(16)22/h3-6,9-10,14H,2,7-8,11-12H2,1H3,(H2,23,24,25)(H,26,27,28). The predicted molar refractivity (Wildman–Crippen MR) is 109 cm³/mol. The van der Waals surface area contributed by atoms with Gasteiger partial charge in [0.1, 0.15) is 24.0 Å². The van der Waals surface area contributed by atoms with Gasteiger partial charge in [-0.05, 0) is 37.6 Å². The minimum Gasteiger partial charge on any atom is -0.461 e. The maximum Gasteiger partial charge on any atom is 0.216 e. The van der Waals surface area contributed by atoms with Crippen molar-refractivity contribution in [2.45, 2.75) is 25.9 Å². The van der Waals surface area contributed by atoms with E-state index >= 15 is 0 Å². The number of guanidine groups is 1. The zero-order valence-electron chi connectivity index (χ0n) is 16.5. The maximum atomic E-state index is 14.1. The molecule has 0 saturated carbocycles. The molecule has 8 nitrogen and oxygen atoms in total. The van der Waals surface area contributed by atoms with Crippen LogP contribution in [0.3, 0.4) is 0 Å². The topological polar surface area (TPSA) is 94.4 Å². The third-order valence-corrected chi connectivity index (χ3v) is 4.78. The third-order valence-electron chi connectivity index (χ3n) is 4.78. The fourth-order valence-electron chi connectivity index (χ4n) is 3.38. The molecule has 3 aromatic rings. The summed E-state index contributed by atoms with van der Waals surface area (Å²) < 4.78 is 32.5. The van der Waals surface area contributed by atoms with Crippen molar-refractivity contribution in [3.63, 3.8) is 0 Å². The maximum absolute atomic E-state index is 14.1. The van der Waals surface area contributed by atoms with E-state index in [1.165, 1.54) is 12.1 Å². The first-order valence-corrected chi connectivity index (χ1v) is 9.82. The number of aromatic amines is 1. The number of aromatic nitrogens is 3. The summed E-state index contributed by atoms with van der Waals surface area (Å²) >= 11 is 0. The molecule has 1 aromatic carbocycles. The van der Waals surface area contributed by atoms with Crippen molar-refractivity contribution in [2.24, 2.45) is 4.99 Å². The number of nitrogens with zero attached hydrogens (tertiary/aromatic N) is 4. The van der Waals surface area contributed by atoms with Crippen LogP contribution < -0.4 is 15.5 Å². The molecule has 0 radical (unpaired) electrons. The molecule has 1 atom stereocenters. The fraction of sp³-hybridized carbons (Fsp3) is 0.350. The second-order valence-electron chi connectivity index (χ2n) is 6.95. The summed E-state index contributed by atoms with van der Waals surface area (Å²) in [4.78, 5) is 10.8. The molecule has 3 heterocycles. The monoisotopic (exact) mass is 415 g/mol. The second kappa shape index (κ2) is 8.93. The Kier molecular flexibility index (Phi) is 5.92. The zero-order chi connectivity index (χ0) is 20.9. The van der Waals surface area contributed by atoms with E-state index in [0.717, 1.165) is 12.5 Å². The molecule has 3 N–H and O–H groups in total. The fourth-order valence-corrected chi connectivity index (χ4v) is 3.38. The zero-order valence-corrected chi connectivity index (χ0v) is 16.5. The molecule has 0 aliphatic carbocycles. The summed E-state index contributed by atoms with van der Waals surface area (Å²) in [6, 6.07) is 7.32. The number of nitrogens with one attached hydrogen (secondary N) is 3. The van der Waals surface area contributed by atoms with Crippen LogP contribution in [0, 0.1) is 11.6 Å². The molecule has 158 valence electrons. The van der Waals surface area contributed by atoms with Gasteiger partial charge >= 0.3 is 0 Å². The van der Waals surface area contributed by atoms with E-state index in [1.54, 1.807) is 18.4 Å². The molecule has 4 rings (SSSR count). The molecule has 2 aromatic heterocycles. The highest BCUT2D eigenvalue weighted by Gasteiger charge is 2.25. The summed E-state index contributed by atoms with van der Waals surface area (Å²) in [6.07, 6.45) is 2.38. The van der Waals surface area contributed by atoms with Crippen LogP contribution in [0.15, 0.2) is 46.0 Å². The average Bonchev–Trinajstić information content (AvgIpc) is 3.48. The number of rotatable bonds is 6. The summed E-state index contributed by atoms with van der Waals surface area (Å²) in [5.74, 6) is 1.20. The number of hydrogen-bond donors (Lipinski definition) is 3. The van der Waals surface area contributed by atoms with Crippen LogP contribution in [0.1, 0.15) is 19.2 Å². The van der Waals surface area contributed by atoms with E-state index in [4.69, 9.17) is 4.42 Å². The van der Waals surface area contributed by atoms with Gasteiger partial charge in [-0.3, -0.25) is 5.10 Å². The smallest absolute Gasteiger partial charge is 0.216 e. The highest BCUT2D eigenvalue weighted by Crippen LogP contribution is 2.24. The Morgan fingerprint density at radius 2 is 2.27 bits per heavy atom. The molecule has 0 spiro atoms. The Balaban J connectivity index is 1.37. The first-order chi connectivity index (χ1) is 14.6. The van der Waals surface area contributed by atoms with Crippen LogP contribution in [0.2, 0.25) is 0 Å². The Morgan fingerprint density at radius 3 is 3.03 bits per heavy atom. The van der Waals surface area contributed by atoms with Crippen molar-refractivity contribution in [3.8, 4) is 11.6 Å². The quantitative estimate of drug-likeness (QED) is 0.423. The molecule has 0 bridgehead atoms. The van der Waals surface area contributed by atoms with Crippen molar-refractivity contribution in [1.29, 1.82) is 0 Å². The van der Waals surface area contributed by atoms with Crippen LogP contribution in [-0.2, 0) is 6.54 Å².